The number of aromatic carboxylic acids is 1. The lowest BCUT2D eigenvalue weighted by Crippen LogP contribution is -2.19. The molecule has 4 N–H and O–H groups in total. The quantitative estimate of drug-likeness (QED) is 0.675. The molecule has 0 aliphatic heterocycles. The lowest BCUT2D eigenvalue weighted by Gasteiger charge is -2.06. The van der Waals surface area contributed by atoms with Crippen molar-refractivity contribution >= 4 is 40.6 Å². The Hall–Kier alpha value is -1.33. The Labute approximate surface area is 90.7 Å². The van der Waals surface area contributed by atoms with Crippen LogP contribution in [0, 0.1) is 0 Å². The number of hydrogen-bond acceptors (Lipinski definition) is 2. The van der Waals surface area contributed by atoms with Gasteiger partial charge in [0.25, 0.3) is 0 Å². The monoisotopic (exact) mass is 230 g/mol. The molecule has 0 bridgehead atoms. The van der Waals surface area contributed by atoms with E-state index < -0.39 is 5.97 Å². The van der Waals surface area contributed by atoms with Crippen molar-refractivity contribution in [2.24, 2.45) is 5.73 Å². The van der Waals surface area contributed by atoms with E-state index in [2.05, 4.69) is 17.5 Å². The van der Waals surface area contributed by atoms with E-state index in [-0.39, 0.29) is 15.7 Å². The molecule has 0 unspecified atom stereocenters. The first kappa shape index (κ1) is 10.7. The molecule has 0 aromatic heterocycles. The van der Waals surface area contributed by atoms with Gasteiger partial charge < -0.3 is 16.2 Å². The van der Waals surface area contributed by atoms with Gasteiger partial charge in [-0.25, -0.2) is 4.79 Å². The number of halogens is 1. The molecule has 0 radical (unpaired) electrons. The molecular formula is C8H7ClN2O2S. The summed E-state index contributed by atoms with van der Waals surface area (Å²) in [7, 11) is 0. The number of carboxylic acids is 1. The zero-order chi connectivity index (χ0) is 10.7. The highest BCUT2D eigenvalue weighted by molar-refractivity contribution is 7.80. The van der Waals surface area contributed by atoms with E-state index in [1.807, 2.05) is 0 Å². The van der Waals surface area contributed by atoms with Gasteiger partial charge in [0.1, 0.15) is 0 Å². The van der Waals surface area contributed by atoms with E-state index in [1.165, 1.54) is 18.2 Å². The summed E-state index contributed by atoms with van der Waals surface area (Å²) in [5.74, 6) is -1.03. The van der Waals surface area contributed by atoms with Crippen molar-refractivity contribution in [2.75, 3.05) is 5.32 Å². The van der Waals surface area contributed by atoms with E-state index in [9.17, 15) is 4.79 Å². The Morgan fingerprint density at radius 3 is 2.64 bits per heavy atom. The van der Waals surface area contributed by atoms with Crippen molar-refractivity contribution in [3.05, 3.63) is 28.8 Å². The fourth-order valence-electron chi connectivity index (χ4n) is 0.882. The largest absolute Gasteiger partial charge is 0.478 e. The molecule has 0 saturated heterocycles. The number of nitrogens with one attached hydrogen (secondary N) is 1. The van der Waals surface area contributed by atoms with Crippen LogP contribution in [-0.2, 0) is 0 Å². The summed E-state index contributed by atoms with van der Waals surface area (Å²) in [4.78, 5) is 10.6. The maximum atomic E-state index is 10.6. The average molecular weight is 231 g/mol. The summed E-state index contributed by atoms with van der Waals surface area (Å²) in [6, 6.07) is 4.24. The van der Waals surface area contributed by atoms with Crippen LogP contribution in [0.2, 0.25) is 5.02 Å². The second kappa shape index (κ2) is 4.26. The van der Waals surface area contributed by atoms with E-state index in [4.69, 9.17) is 22.4 Å². The van der Waals surface area contributed by atoms with Crippen LogP contribution in [0.3, 0.4) is 0 Å². The number of thiocarbonyl (C=S) groups is 1. The molecular weight excluding hydrogens is 224 g/mol. The summed E-state index contributed by atoms with van der Waals surface area (Å²) >= 11 is 10.4. The molecule has 0 spiro atoms. The van der Waals surface area contributed by atoms with E-state index in [1.54, 1.807) is 0 Å². The van der Waals surface area contributed by atoms with Crippen molar-refractivity contribution < 1.29 is 9.90 Å². The second-order valence-corrected chi connectivity index (χ2v) is 3.34. The number of hydrogen-bond donors (Lipinski definition) is 3. The van der Waals surface area contributed by atoms with Gasteiger partial charge in [-0.05, 0) is 30.4 Å². The Kier molecular flexibility index (Phi) is 3.27. The Balaban J connectivity index is 3.01. The predicted molar refractivity (Wildman–Crippen MR) is 58.8 cm³/mol. The SMILES string of the molecule is NC(=S)Nc1ccc(C(=O)O)cc1Cl. The average Bonchev–Trinajstić information content (AvgIpc) is 2.07. The maximum Gasteiger partial charge on any atom is 0.335 e. The summed E-state index contributed by atoms with van der Waals surface area (Å²) in [5.41, 5.74) is 5.84. The van der Waals surface area contributed by atoms with Gasteiger partial charge in [0.15, 0.2) is 5.11 Å². The highest BCUT2D eigenvalue weighted by Gasteiger charge is 2.06. The summed E-state index contributed by atoms with van der Waals surface area (Å²) < 4.78 is 0. The highest BCUT2D eigenvalue weighted by atomic mass is 35.5. The third kappa shape index (κ3) is 2.58. The number of nitrogens with two attached hydrogens (primary N) is 1. The minimum absolute atomic E-state index is 0.0787. The molecule has 0 fully saturated rings. The van der Waals surface area contributed by atoms with Gasteiger partial charge in [-0.2, -0.15) is 0 Å². The molecule has 0 aliphatic rings. The first-order valence-electron chi connectivity index (χ1n) is 3.60. The topological polar surface area (TPSA) is 75.3 Å². The zero-order valence-corrected chi connectivity index (χ0v) is 8.52. The minimum atomic E-state index is -1.03. The molecule has 0 saturated carbocycles. The van der Waals surface area contributed by atoms with Crippen LogP contribution in [0.1, 0.15) is 10.4 Å². The van der Waals surface area contributed by atoms with Crippen LogP contribution in [0.5, 0.6) is 0 Å². The number of benzene rings is 1. The molecule has 4 nitrogen and oxygen atoms in total. The third-order valence-corrected chi connectivity index (χ3v) is 1.89. The fraction of sp³-hybridized carbons (Fsp3) is 0. The van der Waals surface area contributed by atoms with Gasteiger partial charge >= 0.3 is 5.97 Å². The van der Waals surface area contributed by atoms with Crippen LogP contribution in [0.4, 0.5) is 5.69 Å². The maximum absolute atomic E-state index is 10.6. The molecule has 0 atom stereocenters. The van der Waals surface area contributed by atoms with Crippen LogP contribution in [0.15, 0.2) is 18.2 Å². The predicted octanol–water partition coefficient (Wildman–Crippen LogP) is 1.69. The molecule has 1 aromatic carbocycles. The van der Waals surface area contributed by atoms with Gasteiger partial charge in [-0.3, -0.25) is 0 Å². The smallest absolute Gasteiger partial charge is 0.335 e. The first-order valence-corrected chi connectivity index (χ1v) is 4.38. The Morgan fingerprint density at radius 2 is 2.21 bits per heavy atom. The van der Waals surface area contributed by atoms with E-state index in [0.717, 1.165) is 0 Å². The molecule has 74 valence electrons. The van der Waals surface area contributed by atoms with Gasteiger partial charge in [0.05, 0.1) is 16.3 Å². The summed E-state index contributed by atoms with van der Waals surface area (Å²) in [6.45, 7) is 0. The van der Waals surface area contributed by atoms with Crippen molar-refractivity contribution in [1.29, 1.82) is 0 Å². The van der Waals surface area contributed by atoms with Crippen LogP contribution < -0.4 is 11.1 Å². The third-order valence-electron chi connectivity index (χ3n) is 1.47. The van der Waals surface area contributed by atoms with Gasteiger partial charge in [-0.1, -0.05) is 11.6 Å². The van der Waals surface area contributed by atoms with E-state index in [0.29, 0.717) is 5.69 Å². The van der Waals surface area contributed by atoms with Crippen molar-refractivity contribution in [1.82, 2.24) is 0 Å². The highest BCUT2D eigenvalue weighted by Crippen LogP contribution is 2.22. The Morgan fingerprint density at radius 1 is 1.57 bits per heavy atom. The lowest BCUT2D eigenvalue weighted by atomic mass is 10.2. The van der Waals surface area contributed by atoms with Crippen molar-refractivity contribution in [3.63, 3.8) is 0 Å². The zero-order valence-electron chi connectivity index (χ0n) is 6.95. The van der Waals surface area contributed by atoms with Gasteiger partial charge in [0.2, 0.25) is 0 Å². The molecule has 0 heterocycles. The molecule has 1 rings (SSSR count). The first-order chi connectivity index (χ1) is 6.50. The number of carboxylic acid groups (broad SMARTS) is 1. The van der Waals surface area contributed by atoms with Crippen LogP contribution in [-0.4, -0.2) is 16.2 Å². The van der Waals surface area contributed by atoms with Crippen molar-refractivity contribution in [3.8, 4) is 0 Å². The number of carbonyl (C=O) groups is 1. The standard InChI is InChI=1S/C8H7ClN2O2S/c9-5-3-4(7(12)13)1-2-6(5)11-8(10)14/h1-3H,(H,12,13)(H3,10,11,14). The summed E-state index contributed by atoms with van der Waals surface area (Å²) in [6.07, 6.45) is 0. The Bertz CT molecular complexity index is 395. The number of rotatable bonds is 2. The molecule has 14 heavy (non-hydrogen) atoms. The van der Waals surface area contributed by atoms with Crippen molar-refractivity contribution in [2.45, 2.75) is 0 Å². The molecule has 0 amide bonds. The molecule has 0 aliphatic carbocycles. The van der Waals surface area contributed by atoms with Crippen LogP contribution in [0.25, 0.3) is 0 Å². The lowest BCUT2D eigenvalue weighted by molar-refractivity contribution is 0.0697. The molecule has 1 aromatic rings. The van der Waals surface area contributed by atoms with Crippen LogP contribution >= 0.6 is 23.8 Å². The fourth-order valence-corrected chi connectivity index (χ4v) is 1.22. The normalized spacial score (nSPS) is 9.50. The summed E-state index contributed by atoms with van der Waals surface area (Å²) in [5, 5.41) is 11.6. The van der Waals surface area contributed by atoms with Gasteiger partial charge in [-0.15, -0.1) is 0 Å². The number of anilines is 1. The van der Waals surface area contributed by atoms with E-state index >= 15 is 0 Å². The second-order valence-electron chi connectivity index (χ2n) is 2.49. The minimum Gasteiger partial charge on any atom is -0.478 e. The van der Waals surface area contributed by atoms with Gasteiger partial charge in [0, 0.05) is 0 Å². The molecule has 6 heteroatoms.